The Hall–Kier alpha value is -2.09. The number of nitrogens with zero attached hydrogens (tertiary/aromatic N) is 5. The Balaban J connectivity index is 1.30. The van der Waals surface area contributed by atoms with Crippen molar-refractivity contribution >= 4 is 0 Å². The third-order valence-corrected chi connectivity index (χ3v) is 5.99. The third-order valence-electron chi connectivity index (χ3n) is 5.99. The number of piperazine rings is 1. The largest absolute Gasteiger partial charge is 0.389 e. The van der Waals surface area contributed by atoms with Crippen LogP contribution in [0.3, 0.4) is 0 Å². The predicted octanol–water partition coefficient (Wildman–Crippen LogP) is 1.23. The van der Waals surface area contributed by atoms with Gasteiger partial charge in [0.05, 0.1) is 17.8 Å². The zero-order valence-corrected chi connectivity index (χ0v) is 16.3. The van der Waals surface area contributed by atoms with Gasteiger partial charge in [-0.2, -0.15) is 5.10 Å². The van der Waals surface area contributed by atoms with Gasteiger partial charge in [-0.1, -0.05) is 12.8 Å². The summed E-state index contributed by atoms with van der Waals surface area (Å²) in [6.07, 6.45) is 7.64. The molecule has 1 N–H and O–H groups in total. The number of pyridine rings is 1. The summed E-state index contributed by atoms with van der Waals surface area (Å²) in [7, 11) is 0. The van der Waals surface area contributed by atoms with Crippen molar-refractivity contribution < 1.29 is 5.11 Å². The van der Waals surface area contributed by atoms with Crippen LogP contribution in [0.15, 0.2) is 41.5 Å². The van der Waals surface area contributed by atoms with Gasteiger partial charge in [0.25, 0.3) is 5.56 Å². The van der Waals surface area contributed by atoms with E-state index in [-0.39, 0.29) is 5.56 Å². The fraction of sp³-hybridized carbons (Fsp3) is 0.571. The molecule has 1 aliphatic heterocycles. The highest BCUT2D eigenvalue weighted by Crippen LogP contribution is 2.30. The molecule has 2 aromatic heterocycles. The highest BCUT2D eigenvalue weighted by atomic mass is 16.3. The van der Waals surface area contributed by atoms with Crippen LogP contribution in [0.25, 0.3) is 11.3 Å². The van der Waals surface area contributed by atoms with Crippen molar-refractivity contribution in [2.24, 2.45) is 0 Å². The number of hydrogen-bond donors (Lipinski definition) is 1. The summed E-state index contributed by atoms with van der Waals surface area (Å²) in [6.45, 7) is 6.08. The van der Waals surface area contributed by atoms with Crippen LogP contribution in [-0.2, 0) is 6.54 Å². The highest BCUT2D eigenvalue weighted by molar-refractivity contribution is 5.56. The smallest absolute Gasteiger partial charge is 0.266 e. The van der Waals surface area contributed by atoms with Crippen molar-refractivity contribution in [3.05, 3.63) is 47.0 Å². The van der Waals surface area contributed by atoms with Crippen molar-refractivity contribution in [3.8, 4) is 11.3 Å². The second-order valence-electron chi connectivity index (χ2n) is 8.07. The number of aliphatic hydroxyl groups is 1. The second-order valence-corrected chi connectivity index (χ2v) is 8.07. The minimum Gasteiger partial charge on any atom is -0.389 e. The number of β-amino-alcohol motifs (C(OH)–C–C–N with tert-alkyl or cyclic N) is 1. The molecule has 0 atom stereocenters. The SMILES string of the molecule is O=c1ccc(-c2ccncc2)nn1CCN1CCN(CC2(O)CCCC2)CC1. The molecule has 0 radical (unpaired) electrons. The first-order chi connectivity index (χ1) is 13.6. The first kappa shape index (κ1) is 19.2. The van der Waals surface area contributed by atoms with Gasteiger partial charge in [-0.3, -0.25) is 19.6 Å². The Labute approximate surface area is 165 Å². The Kier molecular flexibility index (Phi) is 5.85. The average molecular weight is 383 g/mol. The molecule has 2 aromatic rings. The van der Waals surface area contributed by atoms with E-state index in [4.69, 9.17) is 0 Å². The summed E-state index contributed by atoms with van der Waals surface area (Å²) >= 11 is 0. The molecule has 28 heavy (non-hydrogen) atoms. The summed E-state index contributed by atoms with van der Waals surface area (Å²) < 4.78 is 1.56. The van der Waals surface area contributed by atoms with E-state index >= 15 is 0 Å². The molecule has 7 nitrogen and oxygen atoms in total. The van der Waals surface area contributed by atoms with Gasteiger partial charge in [0, 0.05) is 63.3 Å². The molecular weight excluding hydrogens is 354 g/mol. The van der Waals surface area contributed by atoms with Gasteiger partial charge in [-0.15, -0.1) is 0 Å². The van der Waals surface area contributed by atoms with Crippen molar-refractivity contribution in [1.29, 1.82) is 0 Å². The van der Waals surface area contributed by atoms with Crippen LogP contribution < -0.4 is 5.56 Å². The summed E-state index contributed by atoms with van der Waals surface area (Å²) in [5.41, 5.74) is 1.21. The molecule has 0 unspecified atom stereocenters. The van der Waals surface area contributed by atoms with Crippen molar-refractivity contribution in [1.82, 2.24) is 24.6 Å². The number of hydrogen-bond acceptors (Lipinski definition) is 6. The normalized spacial score (nSPS) is 20.5. The lowest BCUT2D eigenvalue weighted by molar-refractivity contribution is -0.00486. The molecule has 0 bridgehead atoms. The van der Waals surface area contributed by atoms with Crippen LogP contribution in [0.5, 0.6) is 0 Å². The van der Waals surface area contributed by atoms with E-state index in [0.29, 0.717) is 6.54 Å². The van der Waals surface area contributed by atoms with Gasteiger partial charge in [-0.05, 0) is 31.0 Å². The van der Waals surface area contributed by atoms with Crippen molar-refractivity contribution in [3.63, 3.8) is 0 Å². The standard InChI is InChI=1S/C21H29N5O2/c27-20-4-3-19(18-5-9-22-10-6-18)23-26(20)16-15-24-11-13-25(14-12-24)17-21(28)7-1-2-8-21/h3-6,9-10,28H,1-2,7-8,11-17H2. The average Bonchev–Trinajstić information content (AvgIpc) is 3.15. The molecule has 2 fully saturated rings. The summed E-state index contributed by atoms with van der Waals surface area (Å²) in [6, 6.07) is 7.15. The molecule has 0 spiro atoms. The first-order valence-corrected chi connectivity index (χ1v) is 10.3. The van der Waals surface area contributed by atoms with Crippen LogP contribution in [0.4, 0.5) is 0 Å². The summed E-state index contributed by atoms with van der Waals surface area (Å²) in [5.74, 6) is 0. The molecule has 3 heterocycles. The quantitative estimate of drug-likeness (QED) is 0.809. The van der Waals surface area contributed by atoms with Gasteiger partial charge in [0.1, 0.15) is 0 Å². The Bertz CT molecular complexity index is 824. The molecule has 1 saturated carbocycles. The minimum absolute atomic E-state index is 0.0695. The maximum Gasteiger partial charge on any atom is 0.266 e. The van der Waals surface area contributed by atoms with Crippen LogP contribution in [0, 0.1) is 0 Å². The number of aromatic nitrogens is 3. The lowest BCUT2D eigenvalue weighted by Gasteiger charge is -2.38. The van der Waals surface area contributed by atoms with Gasteiger partial charge in [0.2, 0.25) is 0 Å². The van der Waals surface area contributed by atoms with Gasteiger partial charge >= 0.3 is 0 Å². The monoisotopic (exact) mass is 383 g/mol. The van der Waals surface area contributed by atoms with Crippen LogP contribution in [0.2, 0.25) is 0 Å². The zero-order valence-electron chi connectivity index (χ0n) is 16.3. The summed E-state index contributed by atoms with van der Waals surface area (Å²) in [5, 5.41) is 15.1. The maximum atomic E-state index is 12.2. The fourth-order valence-electron chi connectivity index (χ4n) is 4.30. The Morgan fingerprint density at radius 1 is 0.929 bits per heavy atom. The third kappa shape index (κ3) is 4.66. The molecular formula is C21H29N5O2. The van der Waals surface area contributed by atoms with E-state index in [1.807, 2.05) is 12.1 Å². The van der Waals surface area contributed by atoms with E-state index < -0.39 is 5.60 Å². The Morgan fingerprint density at radius 2 is 1.61 bits per heavy atom. The molecule has 150 valence electrons. The maximum absolute atomic E-state index is 12.2. The minimum atomic E-state index is -0.465. The molecule has 0 amide bonds. The van der Waals surface area contributed by atoms with Crippen LogP contribution >= 0.6 is 0 Å². The van der Waals surface area contributed by atoms with Crippen molar-refractivity contribution in [2.45, 2.75) is 37.8 Å². The van der Waals surface area contributed by atoms with E-state index in [0.717, 1.165) is 76.2 Å². The van der Waals surface area contributed by atoms with E-state index in [2.05, 4.69) is 19.9 Å². The van der Waals surface area contributed by atoms with E-state index in [1.54, 1.807) is 29.2 Å². The van der Waals surface area contributed by atoms with E-state index in [1.165, 1.54) is 0 Å². The Morgan fingerprint density at radius 3 is 2.32 bits per heavy atom. The molecule has 2 aliphatic rings. The molecule has 0 aromatic carbocycles. The summed E-state index contributed by atoms with van der Waals surface area (Å²) in [4.78, 5) is 21.0. The van der Waals surface area contributed by atoms with Gasteiger partial charge in [0.15, 0.2) is 0 Å². The molecule has 1 saturated heterocycles. The topological polar surface area (TPSA) is 74.5 Å². The molecule has 1 aliphatic carbocycles. The zero-order chi connectivity index (χ0) is 19.4. The fourth-order valence-corrected chi connectivity index (χ4v) is 4.30. The van der Waals surface area contributed by atoms with Gasteiger partial charge < -0.3 is 5.11 Å². The lowest BCUT2D eigenvalue weighted by atomic mass is 10.0. The predicted molar refractivity (Wildman–Crippen MR) is 108 cm³/mol. The van der Waals surface area contributed by atoms with Crippen LogP contribution in [-0.4, -0.2) is 74.5 Å². The molecule has 4 rings (SSSR count). The first-order valence-electron chi connectivity index (χ1n) is 10.3. The highest BCUT2D eigenvalue weighted by Gasteiger charge is 2.33. The molecule has 7 heteroatoms. The van der Waals surface area contributed by atoms with Gasteiger partial charge in [-0.25, -0.2) is 4.68 Å². The van der Waals surface area contributed by atoms with Crippen molar-refractivity contribution in [2.75, 3.05) is 39.3 Å². The van der Waals surface area contributed by atoms with Crippen LogP contribution in [0.1, 0.15) is 25.7 Å². The second kappa shape index (κ2) is 8.51. The number of rotatable bonds is 6. The lowest BCUT2D eigenvalue weighted by Crippen LogP contribution is -2.51. The van der Waals surface area contributed by atoms with E-state index in [9.17, 15) is 9.90 Å².